The van der Waals surface area contributed by atoms with Crippen molar-refractivity contribution < 1.29 is 9.84 Å². The summed E-state index contributed by atoms with van der Waals surface area (Å²) in [6.45, 7) is 1.94. The van der Waals surface area contributed by atoms with Crippen LogP contribution in [0.15, 0.2) is 29.4 Å². The first-order valence-electron chi connectivity index (χ1n) is 4.43. The van der Waals surface area contributed by atoms with Crippen LogP contribution < -0.4 is 5.01 Å². The molecular weight excluding hydrogens is 180 g/mol. The van der Waals surface area contributed by atoms with Gasteiger partial charge < -0.3 is 4.74 Å². The lowest BCUT2D eigenvalue weighted by atomic mass is 10.2. The minimum absolute atomic E-state index is 0.258. The lowest BCUT2D eigenvalue weighted by Crippen LogP contribution is -2.13. The Labute approximate surface area is 82.4 Å². The van der Waals surface area contributed by atoms with Crippen molar-refractivity contribution in [1.82, 2.24) is 0 Å². The molecule has 0 aromatic heterocycles. The van der Waals surface area contributed by atoms with Crippen molar-refractivity contribution in [1.29, 1.82) is 0 Å². The van der Waals surface area contributed by atoms with Gasteiger partial charge in [0.05, 0.1) is 5.69 Å². The van der Waals surface area contributed by atoms with E-state index in [0.717, 1.165) is 11.3 Å². The molecule has 0 aliphatic carbocycles. The Hall–Kier alpha value is -1.55. The molecule has 14 heavy (non-hydrogen) atoms. The van der Waals surface area contributed by atoms with Crippen molar-refractivity contribution in [3.8, 4) is 0 Å². The molecule has 0 unspecified atom stereocenters. The first-order valence-corrected chi connectivity index (χ1v) is 4.43. The molecule has 0 bridgehead atoms. The zero-order valence-electron chi connectivity index (χ0n) is 7.93. The SMILES string of the molecule is Cc1ccccc1N1COC(C[O])=N1. The molecule has 73 valence electrons. The first-order chi connectivity index (χ1) is 6.81. The van der Waals surface area contributed by atoms with E-state index in [0.29, 0.717) is 6.73 Å². The fourth-order valence-corrected chi connectivity index (χ4v) is 1.37. The minimum Gasteiger partial charge on any atom is -0.455 e. The summed E-state index contributed by atoms with van der Waals surface area (Å²) in [4.78, 5) is 0. The molecule has 0 spiro atoms. The summed E-state index contributed by atoms with van der Waals surface area (Å²) >= 11 is 0. The number of hydrogen-bond acceptors (Lipinski definition) is 3. The molecule has 0 N–H and O–H groups in total. The summed E-state index contributed by atoms with van der Waals surface area (Å²) in [6, 6.07) is 7.86. The number of nitrogens with zero attached hydrogens (tertiary/aromatic N) is 2. The molecule has 0 saturated carbocycles. The number of rotatable bonds is 2. The van der Waals surface area contributed by atoms with Crippen molar-refractivity contribution in [3.63, 3.8) is 0 Å². The van der Waals surface area contributed by atoms with Gasteiger partial charge in [-0.3, -0.25) is 0 Å². The van der Waals surface area contributed by atoms with E-state index in [4.69, 9.17) is 4.74 Å². The van der Waals surface area contributed by atoms with Gasteiger partial charge in [0.2, 0.25) is 5.90 Å². The van der Waals surface area contributed by atoms with Crippen molar-refractivity contribution in [2.45, 2.75) is 6.92 Å². The van der Waals surface area contributed by atoms with Gasteiger partial charge in [-0.05, 0) is 18.6 Å². The Kier molecular flexibility index (Phi) is 2.37. The molecule has 4 heteroatoms. The fraction of sp³-hybridized carbons (Fsp3) is 0.300. The quantitative estimate of drug-likeness (QED) is 0.711. The lowest BCUT2D eigenvalue weighted by Gasteiger charge is -2.13. The number of aryl methyl sites for hydroxylation is 1. The van der Waals surface area contributed by atoms with E-state index in [2.05, 4.69) is 5.10 Å². The van der Waals surface area contributed by atoms with E-state index >= 15 is 0 Å². The van der Waals surface area contributed by atoms with Crippen LogP contribution >= 0.6 is 0 Å². The summed E-state index contributed by atoms with van der Waals surface area (Å²) in [5.41, 5.74) is 2.10. The molecular formula is C10H11N2O2. The van der Waals surface area contributed by atoms with E-state index < -0.39 is 6.61 Å². The van der Waals surface area contributed by atoms with E-state index in [1.807, 2.05) is 31.2 Å². The Bertz CT molecular complexity index is 363. The third kappa shape index (κ3) is 1.56. The minimum atomic E-state index is -0.400. The average molecular weight is 191 g/mol. The number of benzene rings is 1. The van der Waals surface area contributed by atoms with Gasteiger partial charge in [0.15, 0.2) is 13.3 Å². The topological polar surface area (TPSA) is 44.7 Å². The molecule has 1 aliphatic heterocycles. The van der Waals surface area contributed by atoms with E-state index in [9.17, 15) is 5.11 Å². The predicted octanol–water partition coefficient (Wildman–Crippen LogP) is 1.53. The highest BCUT2D eigenvalue weighted by atomic mass is 16.5. The molecule has 1 aromatic carbocycles. The lowest BCUT2D eigenvalue weighted by molar-refractivity contribution is 0.211. The largest absolute Gasteiger partial charge is 0.455 e. The van der Waals surface area contributed by atoms with Crippen LogP contribution in [-0.4, -0.2) is 19.2 Å². The maximum atomic E-state index is 10.5. The summed E-state index contributed by atoms with van der Waals surface area (Å²) in [5.74, 6) is 0.258. The number of para-hydroxylation sites is 1. The summed E-state index contributed by atoms with van der Waals surface area (Å²) < 4.78 is 5.09. The van der Waals surface area contributed by atoms with Gasteiger partial charge in [-0.1, -0.05) is 18.2 Å². The van der Waals surface area contributed by atoms with E-state index in [1.54, 1.807) is 5.01 Å². The molecule has 2 rings (SSSR count). The maximum absolute atomic E-state index is 10.5. The number of hydrazone groups is 1. The van der Waals surface area contributed by atoms with Crippen LogP contribution in [0.4, 0.5) is 5.69 Å². The van der Waals surface area contributed by atoms with Gasteiger partial charge in [0.25, 0.3) is 0 Å². The zero-order chi connectivity index (χ0) is 9.97. The smallest absolute Gasteiger partial charge is 0.238 e. The van der Waals surface area contributed by atoms with Gasteiger partial charge in [-0.15, -0.1) is 5.10 Å². The van der Waals surface area contributed by atoms with Gasteiger partial charge in [-0.25, -0.2) is 10.1 Å². The normalized spacial score (nSPS) is 15.3. The molecule has 4 nitrogen and oxygen atoms in total. The van der Waals surface area contributed by atoms with E-state index in [1.165, 1.54) is 0 Å². The number of hydrogen-bond donors (Lipinski definition) is 0. The van der Waals surface area contributed by atoms with Crippen LogP contribution in [0.1, 0.15) is 5.56 Å². The van der Waals surface area contributed by atoms with Crippen molar-refractivity contribution in [2.24, 2.45) is 5.10 Å². The zero-order valence-corrected chi connectivity index (χ0v) is 7.93. The highest BCUT2D eigenvalue weighted by Crippen LogP contribution is 2.21. The monoisotopic (exact) mass is 191 g/mol. The maximum Gasteiger partial charge on any atom is 0.238 e. The second-order valence-corrected chi connectivity index (χ2v) is 3.10. The molecule has 1 aromatic rings. The van der Waals surface area contributed by atoms with Crippen LogP contribution in [0.5, 0.6) is 0 Å². The van der Waals surface area contributed by atoms with Crippen LogP contribution in [0, 0.1) is 6.92 Å². The first kappa shape index (κ1) is 9.02. The van der Waals surface area contributed by atoms with E-state index in [-0.39, 0.29) is 5.90 Å². The van der Waals surface area contributed by atoms with Gasteiger partial charge in [-0.2, -0.15) is 0 Å². The Morgan fingerprint density at radius 3 is 2.93 bits per heavy atom. The molecule has 1 radical (unpaired) electrons. The number of anilines is 1. The summed E-state index contributed by atoms with van der Waals surface area (Å²) in [5, 5.41) is 16.3. The van der Waals surface area contributed by atoms with Crippen molar-refractivity contribution in [2.75, 3.05) is 18.3 Å². The van der Waals surface area contributed by atoms with Crippen molar-refractivity contribution in [3.05, 3.63) is 29.8 Å². The average Bonchev–Trinajstić information content (AvgIpc) is 2.67. The number of ether oxygens (including phenoxy) is 1. The van der Waals surface area contributed by atoms with Gasteiger partial charge in [0.1, 0.15) is 0 Å². The summed E-state index contributed by atoms with van der Waals surface area (Å²) in [7, 11) is 0. The van der Waals surface area contributed by atoms with Crippen LogP contribution in [0.3, 0.4) is 0 Å². The van der Waals surface area contributed by atoms with Crippen LogP contribution in [0.2, 0.25) is 0 Å². The third-order valence-electron chi connectivity index (χ3n) is 2.10. The highest BCUT2D eigenvalue weighted by Gasteiger charge is 2.17. The second-order valence-electron chi connectivity index (χ2n) is 3.10. The molecule has 0 saturated heterocycles. The Morgan fingerprint density at radius 2 is 2.29 bits per heavy atom. The van der Waals surface area contributed by atoms with Crippen LogP contribution in [-0.2, 0) is 9.84 Å². The molecule has 0 atom stereocenters. The third-order valence-corrected chi connectivity index (χ3v) is 2.10. The Balaban J connectivity index is 2.25. The van der Waals surface area contributed by atoms with Crippen molar-refractivity contribution >= 4 is 11.6 Å². The molecule has 0 fully saturated rings. The predicted molar refractivity (Wildman–Crippen MR) is 52.6 cm³/mol. The molecule has 1 aliphatic rings. The standard InChI is InChI=1S/C10H11N2O2/c1-8-4-2-3-5-9(8)12-7-14-10(6-13)11-12/h2-5H,6-7H2,1H3. The second kappa shape index (κ2) is 3.67. The Morgan fingerprint density at radius 1 is 1.50 bits per heavy atom. The highest BCUT2D eigenvalue weighted by molar-refractivity contribution is 5.80. The van der Waals surface area contributed by atoms with Gasteiger partial charge >= 0.3 is 0 Å². The molecule has 0 amide bonds. The van der Waals surface area contributed by atoms with Gasteiger partial charge in [0, 0.05) is 0 Å². The van der Waals surface area contributed by atoms with Crippen LogP contribution in [0.25, 0.3) is 0 Å². The molecule has 1 heterocycles. The fourth-order valence-electron chi connectivity index (χ4n) is 1.37. The summed E-state index contributed by atoms with van der Waals surface area (Å²) in [6.07, 6.45) is 0.